The van der Waals surface area contributed by atoms with Crippen LogP contribution in [-0.4, -0.2) is 47.0 Å². The van der Waals surface area contributed by atoms with Gasteiger partial charge in [0.15, 0.2) is 0 Å². The Morgan fingerprint density at radius 1 is 0.853 bits per heavy atom. The van der Waals surface area contributed by atoms with Gasteiger partial charge in [-0.25, -0.2) is 9.97 Å². The highest BCUT2D eigenvalue weighted by atomic mass is 16.2. The molecule has 1 amide bonds. The second-order valence-electron chi connectivity index (χ2n) is 11.2. The van der Waals surface area contributed by atoms with Gasteiger partial charge >= 0.3 is 0 Å². The summed E-state index contributed by atoms with van der Waals surface area (Å²) in [6.07, 6.45) is 9.99. The molecular formula is C29H32N4O. The number of carbonyl (C=O) groups is 1. The lowest BCUT2D eigenvalue weighted by Crippen LogP contribution is -2.50. The minimum Gasteiger partial charge on any atom is -0.353 e. The van der Waals surface area contributed by atoms with E-state index in [2.05, 4.69) is 40.2 Å². The zero-order chi connectivity index (χ0) is 22.7. The van der Waals surface area contributed by atoms with Crippen LogP contribution >= 0.6 is 0 Å². The van der Waals surface area contributed by atoms with Crippen LogP contribution in [0.4, 0.5) is 5.82 Å². The van der Waals surface area contributed by atoms with Gasteiger partial charge in [-0.1, -0.05) is 24.3 Å². The molecule has 2 aromatic heterocycles. The molecule has 3 aromatic rings. The van der Waals surface area contributed by atoms with Crippen LogP contribution in [-0.2, 0) is 5.41 Å². The minimum absolute atomic E-state index is 0.0809. The summed E-state index contributed by atoms with van der Waals surface area (Å²) in [5, 5.41) is 1.26. The fraction of sp³-hybridized carbons (Fsp3) is 0.483. The van der Waals surface area contributed by atoms with E-state index in [-0.39, 0.29) is 11.3 Å². The van der Waals surface area contributed by atoms with Crippen LogP contribution in [0.2, 0.25) is 0 Å². The zero-order valence-electron chi connectivity index (χ0n) is 19.7. The van der Waals surface area contributed by atoms with Crippen LogP contribution in [0.3, 0.4) is 0 Å². The van der Waals surface area contributed by atoms with Crippen molar-refractivity contribution in [1.29, 1.82) is 0 Å². The third kappa shape index (κ3) is 3.31. The predicted octanol–water partition coefficient (Wildman–Crippen LogP) is 5.06. The van der Waals surface area contributed by atoms with E-state index in [9.17, 15) is 4.79 Å². The van der Waals surface area contributed by atoms with Crippen molar-refractivity contribution in [3.8, 4) is 0 Å². The van der Waals surface area contributed by atoms with Crippen LogP contribution in [0.25, 0.3) is 10.9 Å². The van der Waals surface area contributed by atoms with Gasteiger partial charge in [0.05, 0.1) is 5.52 Å². The van der Waals surface area contributed by atoms with Crippen LogP contribution < -0.4 is 4.90 Å². The highest BCUT2D eigenvalue weighted by Gasteiger charge is 2.52. The number of aromatic nitrogens is 2. The van der Waals surface area contributed by atoms with Gasteiger partial charge in [-0.3, -0.25) is 4.79 Å². The van der Waals surface area contributed by atoms with Gasteiger partial charge in [0.25, 0.3) is 5.91 Å². The van der Waals surface area contributed by atoms with E-state index in [0.717, 1.165) is 42.2 Å². The third-order valence-electron chi connectivity index (χ3n) is 9.09. The molecule has 5 fully saturated rings. The molecular weight excluding hydrogens is 420 g/mol. The summed E-state index contributed by atoms with van der Waals surface area (Å²) < 4.78 is 0. The Morgan fingerprint density at radius 3 is 2.21 bits per heavy atom. The van der Waals surface area contributed by atoms with Gasteiger partial charge in [0.1, 0.15) is 11.5 Å². The molecule has 5 heteroatoms. The fourth-order valence-electron chi connectivity index (χ4n) is 8.01. The topological polar surface area (TPSA) is 49.3 Å². The van der Waals surface area contributed by atoms with Crippen molar-refractivity contribution in [3.63, 3.8) is 0 Å². The molecule has 4 aliphatic carbocycles. The second kappa shape index (κ2) is 7.79. The number of piperazine rings is 1. The van der Waals surface area contributed by atoms with Crippen LogP contribution in [0.1, 0.15) is 54.6 Å². The largest absolute Gasteiger partial charge is 0.353 e. The quantitative estimate of drug-likeness (QED) is 0.557. The summed E-state index contributed by atoms with van der Waals surface area (Å²) in [7, 11) is 0. The molecule has 0 radical (unpaired) electrons. The number of para-hydroxylation sites is 1. The number of nitrogens with zero attached hydrogens (tertiary/aromatic N) is 4. The van der Waals surface area contributed by atoms with Crippen molar-refractivity contribution in [1.82, 2.24) is 14.9 Å². The van der Waals surface area contributed by atoms with Gasteiger partial charge < -0.3 is 9.80 Å². The predicted molar refractivity (Wildman–Crippen MR) is 134 cm³/mol. The van der Waals surface area contributed by atoms with Crippen molar-refractivity contribution in [2.75, 3.05) is 31.1 Å². The average molecular weight is 453 g/mol. The maximum absolute atomic E-state index is 13.7. The molecule has 1 aromatic carbocycles. The molecule has 8 rings (SSSR count). The van der Waals surface area contributed by atoms with E-state index in [1.807, 2.05) is 29.3 Å². The Hall–Kier alpha value is -2.95. The zero-order valence-corrected chi connectivity index (χ0v) is 19.7. The lowest BCUT2D eigenvalue weighted by Gasteiger charge is -2.57. The molecule has 0 N–H and O–H groups in total. The van der Waals surface area contributed by atoms with Crippen molar-refractivity contribution in [3.05, 3.63) is 66.0 Å². The van der Waals surface area contributed by atoms with Crippen molar-refractivity contribution in [2.24, 2.45) is 17.8 Å². The molecule has 1 saturated heterocycles. The first kappa shape index (κ1) is 20.4. The van der Waals surface area contributed by atoms with Crippen LogP contribution in [0, 0.1) is 17.8 Å². The molecule has 4 saturated carbocycles. The van der Waals surface area contributed by atoms with Crippen molar-refractivity contribution >= 4 is 22.6 Å². The van der Waals surface area contributed by atoms with E-state index in [0.29, 0.717) is 18.8 Å². The monoisotopic (exact) mass is 452 g/mol. The minimum atomic E-state index is 0.0809. The van der Waals surface area contributed by atoms with Gasteiger partial charge in [0, 0.05) is 37.8 Å². The number of amides is 1. The first-order chi connectivity index (χ1) is 16.7. The van der Waals surface area contributed by atoms with E-state index in [1.165, 1.54) is 49.5 Å². The van der Waals surface area contributed by atoms with Gasteiger partial charge in [-0.2, -0.15) is 0 Å². The van der Waals surface area contributed by atoms with E-state index < -0.39 is 0 Å². The number of rotatable bonds is 3. The molecule has 0 unspecified atom stereocenters. The first-order valence-corrected chi connectivity index (χ1v) is 13.0. The first-order valence-electron chi connectivity index (χ1n) is 13.0. The smallest absolute Gasteiger partial charge is 0.272 e. The Labute approximate surface area is 201 Å². The molecule has 5 nitrogen and oxygen atoms in total. The molecule has 0 spiro atoms. The Balaban J connectivity index is 1.21. The summed E-state index contributed by atoms with van der Waals surface area (Å²) in [4.78, 5) is 27.3. The van der Waals surface area contributed by atoms with E-state index in [4.69, 9.17) is 4.98 Å². The highest BCUT2D eigenvalue weighted by Crippen LogP contribution is 2.61. The molecule has 0 atom stereocenters. The SMILES string of the molecule is O=C(c1cc(C23CC4CC(CC(C4)C2)C3)c2ccccc2n1)N1CCN(c2ccccn2)CC1. The number of carbonyl (C=O) groups excluding carboxylic acids is 1. The van der Waals surface area contributed by atoms with E-state index >= 15 is 0 Å². The number of fused-ring (bicyclic) bond motifs is 1. The summed E-state index contributed by atoms with van der Waals surface area (Å²) in [6.45, 7) is 3.02. The molecule has 34 heavy (non-hydrogen) atoms. The number of hydrogen-bond donors (Lipinski definition) is 0. The number of benzene rings is 1. The Kier molecular flexibility index (Phi) is 4.68. The second-order valence-corrected chi connectivity index (χ2v) is 11.2. The standard InChI is InChI=1S/C29H32N4O/c34-28(33-11-9-32(10-12-33)27-7-3-4-8-30-27)26-16-24(23-5-1-2-6-25(23)31-26)29-17-20-13-21(18-29)15-22(14-20)19-29/h1-8,16,20-22H,9-15,17-19H2. The normalized spacial score (nSPS) is 30.2. The lowest BCUT2D eigenvalue weighted by atomic mass is 9.48. The number of anilines is 1. The Morgan fingerprint density at radius 2 is 1.53 bits per heavy atom. The molecule has 1 aliphatic heterocycles. The number of pyridine rings is 2. The van der Waals surface area contributed by atoms with Crippen LogP contribution in [0.15, 0.2) is 54.7 Å². The molecule has 174 valence electrons. The summed E-state index contributed by atoms with van der Waals surface area (Å²) in [6, 6.07) is 16.7. The molecule has 3 heterocycles. The van der Waals surface area contributed by atoms with Gasteiger partial charge in [-0.05, 0) is 91.5 Å². The number of hydrogen-bond acceptors (Lipinski definition) is 4. The highest BCUT2D eigenvalue weighted by molar-refractivity contribution is 5.96. The van der Waals surface area contributed by atoms with Gasteiger partial charge in [0.2, 0.25) is 0 Å². The van der Waals surface area contributed by atoms with Crippen LogP contribution in [0.5, 0.6) is 0 Å². The maximum Gasteiger partial charge on any atom is 0.272 e. The summed E-state index contributed by atoms with van der Waals surface area (Å²) >= 11 is 0. The average Bonchev–Trinajstić information content (AvgIpc) is 2.87. The lowest BCUT2D eigenvalue weighted by molar-refractivity contribution is -0.00455. The maximum atomic E-state index is 13.7. The van der Waals surface area contributed by atoms with E-state index in [1.54, 1.807) is 0 Å². The van der Waals surface area contributed by atoms with Gasteiger partial charge in [-0.15, -0.1) is 0 Å². The fourth-order valence-corrected chi connectivity index (χ4v) is 8.01. The third-order valence-corrected chi connectivity index (χ3v) is 9.09. The molecule has 5 aliphatic rings. The summed E-state index contributed by atoms with van der Waals surface area (Å²) in [5.74, 6) is 3.69. The van der Waals surface area contributed by atoms with Crippen molar-refractivity contribution in [2.45, 2.75) is 43.9 Å². The Bertz CT molecular complexity index is 1200. The molecule has 4 bridgehead atoms. The summed E-state index contributed by atoms with van der Waals surface area (Å²) in [5.41, 5.74) is 3.26. The van der Waals surface area contributed by atoms with Crippen molar-refractivity contribution < 1.29 is 4.79 Å².